The third-order valence-electron chi connectivity index (χ3n) is 4.17. The molecule has 1 amide bonds. The number of rotatable bonds is 4. The summed E-state index contributed by atoms with van der Waals surface area (Å²) in [4.78, 5) is 12.1. The van der Waals surface area contributed by atoms with Crippen molar-refractivity contribution in [2.45, 2.75) is 32.0 Å². The topological polar surface area (TPSA) is 61.4 Å². The van der Waals surface area contributed by atoms with Crippen LogP contribution >= 0.6 is 0 Å². The lowest BCUT2D eigenvalue weighted by Crippen LogP contribution is -2.39. The SMILES string of the molecule is Cc1cccc(-c2cccc(CNC(=O)[C@H]3C[C@@H](O)CN3)c2)c1. The van der Waals surface area contributed by atoms with Gasteiger partial charge in [0.15, 0.2) is 0 Å². The maximum atomic E-state index is 12.1. The molecule has 0 saturated carbocycles. The van der Waals surface area contributed by atoms with E-state index in [1.165, 1.54) is 11.1 Å². The van der Waals surface area contributed by atoms with E-state index in [9.17, 15) is 9.90 Å². The summed E-state index contributed by atoms with van der Waals surface area (Å²) in [5, 5.41) is 15.4. The number of nitrogens with one attached hydrogen (secondary N) is 2. The molecular formula is C19H22N2O2. The van der Waals surface area contributed by atoms with E-state index < -0.39 is 6.10 Å². The summed E-state index contributed by atoms with van der Waals surface area (Å²) in [6, 6.07) is 16.3. The number of carbonyl (C=O) groups excluding carboxylic acids is 1. The first-order valence-corrected chi connectivity index (χ1v) is 7.97. The van der Waals surface area contributed by atoms with Crippen molar-refractivity contribution >= 4 is 5.91 Å². The molecule has 4 nitrogen and oxygen atoms in total. The molecule has 23 heavy (non-hydrogen) atoms. The second-order valence-corrected chi connectivity index (χ2v) is 6.14. The number of aliphatic hydroxyl groups excluding tert-OH is 1. The van der Waals surface area contributed by atoms with Crippen LogP contribution in [0.1, 0.15) is 17.5 Å². The summed E-state index contributed by atoms with van der Waals surface area (Å²) in [5.41, 5.74) is 4.62. The van der Waals surface area contributed by atoms with Crippen molar-refractivity contribution in [3.05, 3.63) is 59.7 Å². The number of β-amino-alcohol motifs (C(OH)–C–C–N with tert-alkyl or cyclic N) is 1. The average Bonchev–Trinajstić information content (AvgIpc) is 2.99. The van der Waals surface area contributed by atoms with E-state index in [0.29, 0.717) is 19.5 Å². The molecule has 1 fully saturated rings. The Labute approximate surface area is 136 Å². The minimum Gasteiger partial charge on any atom is -0.392 e. The normalized spacial score (nSPS) is 20.4. The largest absolute Gasteiger partial charge is 0.392 e. The van der Waals surface area contributed by atoms with Crippen molar-refractivity contribution in [1.29, 1.82) is 0 Å². The van der Waals surface area contributed by atoms with Crippen LogP contribution in [-0.2, 0) is 11.3 Å². The number of hydrogen-bond donors (Lipinski definition) is 3. The molecule has 2 atom stereocenters. The van der Waals surface area contributed by atoms with E-state index in [1.807, 2.05) is 12.1 Å². The Balaban J connectivity index is 1.65. The van der Waals surface area contributed by atoms with Crippen molar-refractivity contribution in [2.24, 2.45) is 0 Å². The molecular weight excluding hydrogens is 288 g/mol. The van der Waals surface area contributed by atoms with E-state index in [-0.39, 0.29) is 11.9 Å². The van der Waals surface area contributed by atoms with Crippen molar-refractivity contribution in [2.75, 3.05) is 6.54 Å². The van der Waals surface area contributed by atoms with Crippen LogP contribution in [-0.4, -0.2) is 29.7 Å². The molecule has 2 aromatic carbocycles. The third-order valence-corrected chi connectivity index (χ3v) is 4.17. The van der Waals surface area contributed by atoms with Gasteiger partial charge in [0.1, 0.15) is 0 Å². The second-order valence-electron chi connectivity index (χ2n) is 6.14. The Kier molecular flexibility index (Phi) is 4.74. The molecule has 3 rings (SSSR count). The summed E-state index contributed by atoms with van der Waals surface area (Å²) in [5.74, 6) is -0.0532. The highest BCUT2D eigenvalue weighted by molar-refractivity contribution is 5.82. The maximum absolute atomic E-state index is 12.1. The smallest absolute Gasteiger partial charge is 0.237 e. The van der Waals surface area contributed by atoms with Gasteiger partial charge in [0, 0.05) is 13.1 Å². The van der Waals surface area contributed by atoms with Gasteiger partial charge >= 0.3 is 0 Å². The first kappa shape index (κ1) is 15.7. The van der Waals surface area contributed by atoms with E-state index in [2.05, 4.69) is 54.0 Å². The van der Waals surface area contributed by atoms with Crippen LogP contribution in [0, 0.1) is 6.92 Å². The minimum absolute atomic E-state index is 0.0532. The highest BCUT2D eigenvalue weighted by Crippen LogP contribution is 2.21. The first-order valence-electron chi connectivity index (χ1n) is 7.97. The minimum atomic E-state index is -0.421. The Bertz CT molecular complexity index is 699. The Hall–Kier alpha value is -2.17. The molecule has 1 aliphatic rings. The fraction of sp³-hybridized carbons (Fsp3) is 0.316. The van der Waals surface area contributed by atoms with E-state index in [4.69, 9.17) is 0 Å². The molecule has 0 unspecified atom stereocenters. The zero-order valence-electron chi connectivity index (χ0n) is 13.3. The van der Waals surface area contributed by atoms with Gasteiger partial charge in [-0.3, -0.25) is 4.79 Å². The second kappa shape index (κ2) is 6.94. The van der Waals surface area contributed by atoms with Crippen LogP contribution in [0.3, 0.4) is 0 Å². The molecule has 1 aliphatic heterocycles. The standard InChI is InChI=1S/C19H22N2O2/c1-13-4-2-6-15(8-13)16-7-3-5-14(9-16)11-21-19(23)18-10-17(22)12-20-18/h2-9,17-18,20,22H,10-12H2,1H3,(H,21,23)/t17-,18-/m1/s1. The first-order chi connectivity index (χ1) is 11.1. The Morgan fingerprint density at radius 3 is 2.65 bits per heavy atom. The molecule has 120 valence electrons. The molecule has 1 saturated heterocycles. The number of aryl methyl sites for hydroxylation is 1. The van der Waals surface area contributed by atoms with E-state index >= 15 is 0 Å². The molecule has 0 aliphatic carbocycles. The van der Waals surface area contributed by atoms with Crippen molar-refractivity contribution in [3.8, 4) is 11.1 Å². The zero-order valence-corrected chi connectivity index (χ0v) is 13.3. The molecule has 0 aromatic heterocycles. The zero-order chi connectivity index (χ0) is 16.2. The van der Waals surface area contributed by atoms with Gasteiger partial charge in [-0.15, -0.1) is 0 Å². The Morgan fingerprint density at radius 1 is 1.22 bits per heavy atom. The molecule has 4 heteroatoms. The van der Waals surface area contributed by atoms with Gasteiger partial charge in [0.05, 0.1) is 12.1 Å². The lowest BCUT2D eigenvalue weighted by Gasteiger charge is -2.12. The molecule has 3 N–H and O–H groups in total. The highest BCUT2D eigenvalue weighted by atomic mass is 16.3. The summed E-state index contributed by atoms with van der Waals surface area (Å²) < 4.78 is 0. The summed E-state index contributed by atoms with van der Waals surface area (Å²) in [7, 11) is 0. The van der Waals surface area contributed by atoms with Crippen LogP contribution in [0.25, 0.3) is 11.1 Å². The van der Waals surface area contributed by atoms with E-state index in [1.54, 1.807) is 0 Å². The van der Waals surface area contributed by atoms with Gasteiger partial charge in [-0.25, -0.2) is 0 Å². The van der Waals surface area contributed by atoms with Gasteiger partial charge in [-0.05, 0) is 36.1 Å². The average molecular weight is 310 g/mol. The molecule has 0 spiro atoms. The lowest BCUT2D eigenvalue weighted by atomic mass is 10.0. The molecule has 2 aromatic rings. The predicted octanol–water partition coefficient (Wildman–Crippen LogP) is 2.00. The van der Waals surface area contributed by atoms with Gasteiger partial charge < -0.3 is 15.7 Å². The number of benzene rings is 2. The third kappa shape index (κ3) is 3.97. The summed E-state index contributed by atoms with van der Waals surface area (Å²) in [6.45, 7) is 3.06. The monoisotopic (exact) mass is 310 g/mol. The molecule has 0 radical (unpaired) electrons. The number of carbonyl (C=O) groups is 1. The van der Waals surface area contributed by atoms with Gasteiger partial charge in [0.2, 0.25) is 5.91 Å². The van der Waals surface area contributed by atoms with Crippen LogP contribution in [0.5, 0.6) is 0 Å². The quantitative estimate of drug-likeness (QED) is 0.809. The van der Waals surface area contributed by atoms with Crippen LogP contribution in [0.4, 0.5) is 0 Å². The fourth-order valence-corrected chi connectivity index (χ4v) is 2.91. The highest BCUT2D eigenvalue weighted by Gasteiger charge is 2.27. The molecule has 1 heterocycles. The van der Waals surface area contributed by atoms with Crippen LogP contribution < -0.4 is 10.6 Å². The Morgan fingerprint density at radius 2 is 1.96 bits per heavy atom. The lowest BCUT2D eigenvalue weighted by molar-refractivity contribution is -0.123. The van der Waals surface area contributed by atoms with Crippen LogP contribution in [0.15, 0.2) is 48.5 Å². The van der Waals surface area contributed by atoms with Gasteiger partial charge in [-0.2, -0.15) is 0 Å². The molecule has 0 bridgehead atoms. The summed E-state index contributed by atoms with van der Waals surface area (Å²) >= 11 is 0. The maximum Gasteiger partial charge on any atom is 0.237 e. The van der Waals surface area contributed by atoms with Gasteiger partial charge in [-0.1, -0.05) is 48.0 Å². The van der Waals surface area contributed by atoms with Crippen molar-refractivity contribution in [1.82, 2.24) is 10.6 Å². The van der Waals surface area contributed by atoms with Crippen molar-refractivity contribution < 1.29 is 9.90 Å². The number of amides is 1. The van der Waals surface area contributed by atoms with Crippen LogP contribution in [0.2, 0.25) is 0 Å². The van der Waals surface area contributed by atoms with Gasteiger partial charge in [0.25, 0.3) is 0 Å². The summed E-state index contributed by atoms with van der Waals surface area (Å²) in [6.07, 6.45) is 0.0604. The van der Waals surface area contributed by atoms with E-state index in [0.717, 1.165) is 11.1 Å². The number of hydrogen-bond acceptors (Lipinski definition) is 3. The number of aliphatic hydroxyl groups is 1. The fourth-order valence-electron chi connectivity index (χ4n) is 2.91. The predicted molar refractivity (Wildman–Crippen MR) is 90.9 cm³/mol. The van der Waals surface area contributed by atoms with Crippen molar-refractivity contribution in [3.63, 3.8) is 0 Å².